The molecule has 1 aromatic heterocycles. The van der Waals surface area contributed by atoms with Gasteiger partial charge in [0.05, 0.1) is 16.5 Å². The number of ether oxygens (including phenoxy) is 1. The molecule has 0 unspecified atom stereocenters. The Hall–Kier alpha value is -2.72. The molecule has 1 aliphatic rings. The molecular weight excluding hydrogens is 571 g/mol. The molecule has 1 amide bonds. The number of hydrogen-bond donors (Lipinski definition) is 1. The van der Waals surface area contributed by atoms with Crippen molar-refractivity contribution in [1.29, 1.82) is 0 Å². The molecule has 1 N–H and O–H groups in total. The van der Waals surface area contributed by atoms with Gasteiger partial charge in [0.15, 0.2) is 0 Å². The Bertz CT molecular complexity index is 1300. The minimum atomic E-state index is -0.695. The van der Waals surface area contributed by atoms with E-state index in [1.54, 1.807) is 29.2 Å². The second kappa shape index (κ2) is 14.3. The van der Waals surface area contributed by atoms with Gasteiger partial charge in [-0.2, -0.15) is 0 Å². The van der Waals surface area contributed by atoms with Gasteiger partial charge >= 0.3 is 5.97 Å². The first-order chi connectivity index (χ1) is 18.6. The summed E-state index contributed by atoms with van der Waals surface area (Å²) in [6, 6.07) is 11.1. The monoisotopic (exact) mass is 606 g/mol. The predicted molar refractivity (Wildman–Crippen MR) is 162 cm³/mol. The summed E-state index contributed by atoms with van der Waals surface area (Å²) in [5.74, 6) is -0.0424. The Kier molecular flexibility index (Phi) is 11.3. The summed E-state index contributed by atoms with van der Waals surface area (Å²) in [7, 11) is 0. The van der Waals surface area contributed by atoms with Gasteiger partial charge < -0.3 is 9.84 Å². The SMILES string of the molecule is Cc1cc(-c2nnc(N(CC(C)C)C(=O)c3ccccc3Cl)s2)cc(C)c1OCCN1CCC(C(=O)O)CC1.Cl. The number of likely N-dealkylation sites (tertiary alicyclic amines) is 1. The lowest BCUT2D eigenvalue weighted by atomic mass is 9.97. The van der Waals surface area contributed by atoms with E-state index in [1.165, 1.54) is 11.3 Å². The van der Waals surface area contributed by atoms with E-state index in [9.17, 15) is 14.7 Å². The summed E-state index contributed by atoms with van der Waals surface area (Å²) in [6.07, 6.45) is 1.37. The first-order valence-corrected chi connectivity index (χ1v) is 14.4. The molecule has 3 aromatic rings. The normalized spacial score (nSPS) is 14.2. The van der Waals surface area contributed by atoms with E-state index in [0.717, 1.165) is 47.1 Å². The van der Waals surface area contributed by atoms with E-state index in [1.807, 2.05) is 26.0 Å². The molecule has 40 heavy (non-hydrogen) atoms. The van der Waals surface area contributed by atoms with E-state index < -0.39 is 5.97 Å². The quantitative estimate of drug-likeness (QED) is 0.286. The molecule has 1 fully saturated rings. The van der Waals surface area contributed by atoms with Crippen molar-refractivity contribution >= 4 is 52.4 Å². The second-order valence-corrected chi connectivity index (χ2v) is 11.8. The predicted octanol–water partition coefficient (Wildman–Crippen LogP) is 6.38. The van der Waals surface area contributed by atoms with Gasteiger partial charge in [0.2, 0.25) is 5.13 Å². The molecular formula is C29H36Cl2N4O4S. The Morgan fingerprint density at radius 3 is 2.40 bits per heavy atom. The van der Waals surface area contributed by atoms with Gasteiger partial charge in [-0.3, -0.25) is 19.4 Å². The average Bonchev–Trinajstić information content (AvgIpc) is 3.39. The fraction of sp³-hybridized carbons (Fsp3) is 0.448. The van der Waals surface area contributed by atoms with Gasteiger partial charge in [-0.1, -0.05) is 48.9 Å². The number of nitrogens with zero attached hydrogens (tertiary/aromatic N) is 4. The Labute approximate surface area is 250 Å². The number of hydrogen-bond acceptors (Lipinski definition) is 7. The molecule has 8 nitrogen and oxygen atoms in total. The third kappa shape index (κ3) is 7.72. The van der Waals surface area contributed by atoms with Crippen molar-refractivity contribution in [2.75, 3.05) is 37.7 Å². The smallest absolute Gasteiger partial charge is 0.306 e. The van der Waals surface area contributed by atoms with Gasteiger partial charge in [0.1, 0.15) is 17.4 Å². The summed E-state index contributed by atoms with van der Waals surface area (Å²) in [5.41, 5.74) is 3.36. The summed E-state index contributed by atoms with van der Waals surface area (Å²) in [5, 5.41) is 19.7. The van der Waals surface area contributed by atoms with Gasteiger partial charge in [-0.15, -0.1) is 22.6 Å². The number of amides is 1. The van der Waals surface area contributed by atoms with Crippen molar-refractivity contribution in [3.05, 3.63) is 58.1 Å². The molecule has 216 valence electrons. The zero-order chi connectivity index (χ0) is 28.1. The first-order valence-electron chi connectivity index (χ1n) is 13.2. The average molecular weight is 608 g/mol. The maximum absolute atomic E-state index is 13.4. The highest BCUT2D eigenvalue weighted by Gasteiger charge is 2.26. The largest absolute Gasteiger partial charge is 0.492 e. The number of carboxylic acids is 1. The topological polar surface area (TPSA) is 95.9 Å². The molecule has 0 radical (unpaired) electrons. The second-order valence-electron chi connectivity index (χ2n) is 10.4. The van der Waals surface area contributed by atoms with Crippen LogP contribution in [0.5, 0.6) is 5.75 Å². The molecule has 2 heterocycles. The lowest BCUT2D eigenvalue weighted by molar-refractivity contribution is -0.143. The highest BCUT2D eigenvalue weighted by atomic mass is 35.5. The number of carbonyl (C=O) groups excluding carboxylic acids is 1. The third-order valence-electron chi connectivity index (χ3n) is 6.84. The van der Waals surface area contributed by atoms with Crippen LogP contribution in [0.4, 0.5) is 5.13 Å². The number of aryl methyl sites for hydroxylation is 2. The lowest BCUT2D eigenvalue weighted by Gasteiger charge is -2.30. The van der Waals surface area contributed by atoms with Crippen LogP contribution in [0, 0.1) is 25.7 Å². The summed E-state index contributed by atoms with van der Waals surface area (Å²) in [6.45, 7) is 11.5. The van der Waals surface area contributed by atoms with Crippen molar-refractivity contribution in [1.82, 2.24) is 15.1 Å². The maximum atomic E-state index is 13.4. The Morgan fingerprint density at radius 2 is 1.80 bits per heavy atom. The molecule has 0 bridgehead atoms. The van der Waals surface area contributed by atoms with E-state index in [-0.39, 0.29) is 30.2 Å². The van der Waals surface area contributed by atoms with Crippen LogP contribution < -0.4 is 9.64 Å². The van der Waals surface area contributed by atoms with Crippen LogP contribution in [-0.4, -0.2) is 64.9 Å². The Balaban J connectivity index is 0.00000441. The summed E-state index contributed by atoms with van der Waals surface area (Å²) < 4.78 is 6.16. The molecule has 0 saturated carbocycles. The number of aliphatic carboxylic acids is 1. The van der Waals surface area contributed by atoms with E-state index in [4.69, 9.17) is 16.3 Å². The van der Waals surface area contributed by atoms with Crippen molar-refractivity contribution in [3.8, 4) is 16.3 Å². The zero-order valence-corrected chi connectivity index (χ0v) is 25.6. The van der Waals surface area contributed by atoms with Crippen LogP contribution in [0.1, 0.15) is 48.2 Å². The van der Waals surface area contributed by atoms with Crippen molar-refractivity contribution in [3.63, 3.8) is 0 Å². The minimum absolute atomic E-state index is 0. The molecule has 2 aromatic carbocycles. The van der Waals surface area contributed by atoms with Crippen molar-refractivity contribution in [2.24, 2.45) is 11.8 Å². The van der Waals surface area contributed by atoms with E-state index >= 15 is 0 Å². The number of carbonyl (C=O) groups is 2. The van der Waals surface area contributed by atoms with Crippen LogP contribution >= 0.6 is 35.3 Å². The summed E-state index contributed by atoms with van der Waals surface area (Å²) >= 11 is 7.70. The van der Waals surface area contributed by atoms with Crippen molar-refractivity contribution < 1.29 is 19.4 Å². The number of aromatic nitrogens is 2. The number of carboxylic acid groups (broad SMARTS) is 1. The zero-order valence-electron chi connectivity index (χ0n) is 23.2. The van der Waals surface area contributed by atoms with Gasteiger partial charge in [-0.25, -0.2) is 0 Å². The highest BCUT2D eigenvalue weighted by Crippen LogP contribution is 2.35. The molecule has 11 heteroatoms. The molecule has 0 spiro atoms. The van der Waals surface area contributed by atoms with Gasteiger partial charge in [0, 0.05) is 18.7 Å². The van der Waals surface area contributed by atoms with Crippen LogP contribution in [0.2, 0.25) is 5.02 Å². The standard InChI is InChI=1S/C29H35ClN4O4S.ClH/c1-18(2)17-34(27(35)23-7-5-6-8-24(23)30)29-32-31-26(39-29)22-15-19(3)25(20(4)16-22)38-14-13-33-11-9-21(10-12-33)28(36)37;/h5-8,15-16,18,21H,9-14,17H2,1-4H3,(H,36,37);1H. The third-order valence-corrected chi connectivity index (χ3v) is 8.17. The molecule has 1 saturated heterocycles. The van der Waals surface area contributed by atoms with Crippen LogP contribution in [0.3, 0.4) is 0 Å². The fourth-order valence-electron chi connectivity index (χ4n) is 4.82. The van der Waals surface area contributed by atoms with Crippen LogP contribution in [0.25, 0.3) is 10.6 Å². The van der Waals surface area contributed by atoms with E-state index in [0.29, 0.717) is 41.7 Å². The molecule has 0 atom stereocenters. The van der Waals surface area contributed by atoms with Crippen LogP contribution in [0.15, 0.2) is 36.4 Å². The highest BCUT2D eigenvalue weighted by molar-refractivity contribution is 7.18. The molecule has 1 aliphatic heterocycles. The number of rotatable bonds is 10. The summed E-state index contributed by atoms with van der Waals surface area (Å²) in [4.78, 5) is 28.5. The Morgan fingerprint density at radius 1 is 1.15 bits per heavy atom. The number of piperidine rings is 1. The molecule has 4 rings (SSSR count). The number of benzene rings is 2. The van der Waals surface area contributed by atoms with Crippen LogP contribution in [-0.2, 0) is 4.79 Å². The van der Waals surface area contributed by atoms with Gasteiger partial charge in [-0.05, 0) is 81.1 Å². The van der Waals surface area contributed by atoms with Gasteiger partial charge in [0.25, 0.3) is 5.91 Å². The van der Waals surface area contributed by atoms with Crippen molar-refractivity contribution in [2.45, 2.75) is 40.5 Å². The maximum Gasteiger partial charge on any atom is 0.306 e. The molecule has 0 aliphatic carbocycles. The minimum Gasteiger partial charge on any atom is -0.492 e. The first kappa shape index (κ1) is 31.8. The lowest BCUT2D eigenvalue weighted by Crippen LogP contribution is -2.38. The fourth-order valence-corrected chi connectivity index (χ4v) is 5.87. The van der Waals surface area contributed by atoms with E-state index in [2.05, 4.69) is 28.9 Å². The number of halogens is 2. The number of anilines is 1.